The number of amides is 1. The number of anilines is 5. The van der Waals surface area contributed by atoms with Crippen LogP contribution in [0.5, 0.6) is 0 Å². The van der Waals surface area contributed by atoms with Crippen molar-refractivity contribution in [3.63, 3.8) is 0 Å². The van der Waals surface area contributed by atoms with Crippen LogP contribution in [-0.2, 0) is 16.0 Å². The van der Waals surface area contributed by atoms with Crippen molar-refractivity contribution < 1.29 is 14.3 Å². The van der Waals surface area contributed by atoms with Crippen LogP contribution in [0.15, 0.2) is 54.7 Å². The van der Waals surface area contributed by atoms with Crippen LogP contribution in [0, 0.1) is 0 Å². The number of unbranched alkanes of at least 4 members (excludes halogenated alkanes) is 1. The van der Waals surface area contributed by atoms with Gasteiger partial charge in [0.05, 0.1) is 18.4 Å². The topological polar surface area (TPSA) is 123 Å². The molecule has 0 saturated carbocycles. The number of nitrogens with one attached hydrogen (secondary N) is 3. The van der Waals surface area contributed by atoms with Crippen LogP contribution >= 0.6 is 0 Å². The smallest absolute Gasteiger partial charge is 0.338 e. The number of carbonyl (C=O) groups excluding carboxylic acids is 2. The predicted molar refractivity (Wildman–Crippen MR) is 134 cm³/mol. The first kappa shape index (κ1) is 23.7. The monoisotopic (exact) mass is 473 g/mol. The molecule has 0 saturated heterocycles. The Labute approximate surface area is 202 Å². The zero-order chi connectivity index (χ0) is 24.6. The fraction of sp³-hybridized carbons (Fsp3) is 0.240. The number of rotatable bonds is 11. The summed E-state index contributed by atoms with van der Waals surface area (Å²) in [4.78, 5) is 32.3. The highest BCUT2D eigenvalue weighted by atomic mass is 16.5. The molecule has 0 atom stereocenters. The summed E-state index contributed by atoms with van der Waals surface area (Å²) in [6.45, 7) is 4.21. The largest absolute Gasteiger partial charge is 0.462 e. The van der Waals surface area contributed by atoms with Crippen LogP contribution in [0.2, 0.25) is 0 Å². The highest BCUT2D eigenvalue weighted by molar-refractivity contribution is 5.90. The molecule has 10 nitrogen and oxygen atoms in total. The molecule has 2 aromatic carbocycles. The van der Waals surface area contributed by atoms with Crippen molar-refractivity contribution in [3.8, 4) is 0 Å². The van der Waals surface area contributed by atoms with Crippen LogP contribution in [0.3, 0.4) is 0 Å². The van der Waals surface area contributed by atoms with Gasteiger partial charge in [-0.25, -0.2) is 4.79 Å². The minimum Gasteiger partial charge on any atom is -0.462 e. The summed E-state index contributed by atoms with van der Waals surface area (Å²) in [5.74, 6) is 0.405. The fourth-order valence-electron chi connectivity index (χ4n) is 3.55. The molecule has 0 bridgehead atoms. The average molecular weight is 474 g/mol. The second-order valence-electron chi connectivity index (χ2n) is 7.77. The highest BCUT2D eigenvalue weighted by Gasteiger charge is 2.15. The predicted octanol–water partition coefficient (Wildman–Crippen LogP) is 4.70. The molecule has 0 unspecified atom stereocenters. The Morgan fingerprint density at radius 3 is 2.57 bits per heavy atom. The zero-order valence-electron chi connectivity index (χ0n) is 19.6. The summed E-state index contributed by atoms with van der Waals surface area (Å²) >= 11 is 0. The Balaban J connectivity index is 1.71. The van der Waals surface area contributed by atoms with Crippen LogP contribution in [0.25, 0.3) is 5.65 Å². The molecule has 0 radical (unpaired) electrons. The van der Waals surface area contributed by atoms with Crippen molar-refractivity contribution in [3.05, 3.63) is 65.9 Å². The van der Waals surface area contributed by atoms with Crippen molar-refractivity contribution in [2.24, 2.45) is 0 Å². The lowest BCUT2D eigenvalue weighted by atomic mass is 10.1. The van der Waals surface area contributed by atoms with Gasteiger partial charge in [-0.15, -0.1) is 0 Å². The lowest BCUT2D eigenvalue weighted by Gasteiger charge is -2.12. The third-order valence-corrected chi connectivity index (χ3v) is 5.21. The van der Waals surface area contributed by atoms with Gasteiger partial charge in [0.25, 0.3) is 0 Å². The molecule has 2 aromatic heterocycles. The standard InChI is InChI=1S/C25H27N7O3/c1-3-5-8-18-15-27-32-22(18)30-24(28-21-12-7-10-19(14-21)26-16-33)31-25(32)29-20-11-6-9-17(13-20)23(34)35-4-2/h6-7,9-16H,3-5,8H2,1-2H3,(H,26,33)(H2,28,29,30,31). The minimum absolute atomic E-state index is 0.301. The summed E-state index contributed by atoms with van der Waals surface area (Å²) in [5, 5.41) is 13.6. The number of aryl methyl sites for hydroxylation is 1. The van der Waals surface area contributed by atoms with Gasteiger partial charge in [0.1, 0.15) is 0 Å². The van der Waals surface area contributed by atoms with E-state index in [2.05, 4.69) is 33.0 Å². The van der Waals surface area contributed by atoms with Gasteiger partial charge in [-0.2, -0.15) is 19.6 Å². The number of benzene rings is 2. The van der Waals surface area contributed by atoms with E-state index in [9.17, 15) is 9.59 Å². The number of aromatic nitrogens is 4. The van der Waals surface area contributed by atoms with E-state index >= 15 is 0 Å². The number of ether oxygens (including phenoxy) is 1. The van der Waals surface area contributed by atoms with Gasteiger partial charge in [-0.05, 0) is 56.2 Å². The maximum absolute atomic E-state index is 12.2. The first-order valence-electron chi connectivity index (χ1n) is 11.5. The molecule has 0 spiro atoms. The molecule has 2 heterocycles. The zero-order valence-corrected chi connectivity index (χ0v) is 19.6. The molecule has 35 heavy (non-hydrogen) atoms. The van der Waals surface area contributed by atoms with Gasteiger partial charge < -0.3 is 20.7 Å². The van der Waals surface area contributed by atoms with Crippen LogP contribution in [-0.4, -0.2) is 38.6 Å². The van der Waals surface area contributed by atoms with Crippen molar-refractivity contribution in [1.82, 2.24) is 19.6 Å². The molecular formula is C25H27N7O3. The van der Waals surface area contributed by atoms with E-state index < -0.39 is 5.97 Å². The van der Waals surface area contributed by atoms with E-state index in [-0.39, 0.29) is 0 Å². The van der Waals surface area contributed by atoms with Gasteiger partial charge in [0.15, 0.2) is 5.65 Å². The number of nitrogens with zero attached hydrogens (tertiary/aromatic N) is 4. The normalized spacial score (nSPS) is 10.7. The molecule has 4 rings (SSSR count). The molecule has 0 aliphatic carbocycles. The number of esters is 1. The Morgan fingerprint density at radius 2 is 1.80 bits per heavy atom. The Hall–Kier alpha value is -4.47. The van der Waals surface area contributed by atoms with Crippen molar-refractivity contribution in [1.29, 1.82) is 0 Å². The van der Waals surface area contributed by atoms with E-state index in [1.165, 1.54) is 0 Å². The van der Waals surface area contributed by atoms with Gasteiger partial charge >= 0.3 is 5.97 Å². The maximum atomic E-state index is 12.2. The van der Waals surface area contributed by atoms with E-state index in [1.54, 1.807) is 48.0 Å². The third kappa shape index (κ3) is 5.72. The second-order valence-corrected chi connectivity index (χ2v) is 7.77. The van der Waals surface area contributed by atoms with E-state index in [0.29, 0.717) is 53.2 Å². The maximum Gasteiger partial charge on any atom is 0.338 e. The van der Waals surface area contributed by atoms with Crippen LogP contribution in [0.1, 0.15) is 42.6 Å². The number of hydrogen-bond donors (Lipinski definition) is 3. The molecule has 4 aromatic rings. The van der Waals surface area contributed by atoms with E-state index in [4.69, 9.17) is 9.72 Å². The first-order valence-corrected chi connectivity index (χ1v) is 11.5. The molecule has 0 aliphatic rings. The Kier molecular flexibility index (Phi) is 7.51. The van der Waals surface area contributed by atoms with Crippen LogP contribution < -0.4 is 16.0 Å². The van der Waals surface area contributed by atoms with Crippen molar-refractivity contribution in [2.45, 2.75) is 33.1 Å². The van der Waals surface area contributed by atoms with Gasteiger partial charge in [-0.3, -0.25) is 4.79 Å². The second kappa shape index (κ2) is 11.1. The molecule has 10 heteroatoms. The molecule has 0 fully saturated rings. The van der Waals surface area contributed by atoms with Crippen molar-refractivity contribution in [2.75, 3.05) is 22.6 Å². The molecule has 0 aliphatic heterocycles. The molecule has 180 valence electrons. The quantitative estimate of drug-likeness (QED) is 0.212. The summed E-state index contributed by atoms with van der Waals surface area (Å²) in [7, 11) is 0. The van der Waals surface area contributed by atoms with Gasteiger partial charge in [0, 0.05) is 22.6 Å². The Bertz CT molecular complexity index is 1340. The first-order chi connectivity index (χ1) is 17.1. The van der Waals surface area contributed by atoms with Crippen LogP contribution in [0.4, 0.5) is 29.0 Å². The summed E-state index contributed by atoms with van der Waals surface area (Å²) < 4.78 is 6.76. The SMILES string of the molecule is CCCCc1cnn2c(Nc3cccc(C(=O)OCC)c3)nc(Nc3cccc(NC=O)c3)nc12. The summed E-state index contributed by atoms with van der Waals surface area (Å²) in [6.07, 6.45) is 5.33. The summed E-state index contributed by atoms with van der Waals surface area (Å²) in [6, 6.07) is 14.2. The fourth-order valence-corrected chi connectivity index (χ4v) is 3.55. The molecule has 1 amide bonds. The average Bonchev–Trinajstić information content (AvgIpc) is 3.26. The number of carbonyl (C=O) groups is 2. The van der Waals surface area contributed by atoms with Gasteiger partial charge in [-0.1, -0.05) is 25.5 Å². The number of hydrogen-bond acceptors (Lipinski definition) is 8. The number of fused-ring (bicyclic) bond motifs is 1. The highest BCUT2D eigenvalue weighted by Crippen LogP contribution is 2.24. The van der Waals surface area contributed by atoms with Gasteiger partial charge in [0.2, 0.25) is 18.3 Å². The molecule has 3 N–H and O–H groups in total. The Morgan fingerprint density at radius 1 is 1.03 bits per heavy atom. The van der Waals surface area contributed by atoms with E-state index in [0.717, 1.165) is 24.8 Å². The lowest BCUT2D eigenvalue weighted by Crippen LogP contribution is -2.09. The summed E-state index contributed by atoms with van der Waals surface area (Å²) in [5.41, 5.74) is 4.15. The van der Waals surface area contributed by atoms with Crippen molar-refractivity contribution >= 4 is 47.0 Å². The lowest BCUT2D eigenvalue weighted by molar-refractivity contribution is -0.105. The minimum atomic E-state index is -0.393. The third-order valence-electron chi connectivity index (χ3n) is 5.21. The van der Waals surface area contributed by atoms with E-state index in [1.807, 2.05) is 18.2 Å². The molecular weight excluding hydrogens is 446 g/mol.